The highest BCUT2D eigenvalue weighted by molar-refractivity contribution is 7.26. The van der Waals surface area contributed by atoms with Crippen molar-refractivity contribution in [2.24, 2.45) is 5.41 Å². The van der Waals surface area contributed by atoms with Crippen LogP contribution in [0.5, 0.6) is 0 Å². The number of aromatic amines is 1. The van der Waals surface area contributed by atoms with Crippen molar-refractivity contribution in [2.45, 2.75) is 34.1 Å². The van der Waals surface area contributed by atoms with Gasteiger partial charge >= 0.3 is 0 Å². The van der Waals surface area contributed by atoms with Gasteiger partial charge in [-0.25, -0.2) is 0 Å². The summed E-state index contributed by atoms with van der Waals surface area (Å²) < 4.78 is 2.11. The molecule has 0 saturated carbocycles. The fraction of sp³-hybridized carbons (Fsp3) is 0.353. The van der Waals surface area contributed by atoms with E-state index < -0.39 is 0 Å². The first kappa shape index (κ1) is 13.4. The molecule has 3 aromatic rings. The molecule has 3 heteroatoms. The van der Waals surface area contributed by atoms with Crippen molar-refractivity contribution in [1.82, 2.24) is 4.98 Å². The second-order valence-electron chi connectivity index (χ2n) is 6.64. The average Bonchev–Trinajstić information content (AvgIpc) is 2.74. The van der Waals surface area contributed by atoms with Gasteiger partial charge in [0.25, 0.3) is 5.56 Å². The van der Waals surface area contributed by atoms with Crippen LogP contribution in [0.4, 0.5) is 0 Å². The SMILES string of the molecule is Cc1c[nH]c(=O)c2sc3c(CC(C)(C)C)cccc3c12. The number of hydrogen-bond donors (Lipinski definition) is 1. The third-order valence-electron chi connectivity index (χ3n) is 3.54. The van der Waals surface area contributed by atoms with E-state index in [0.29, 0.717) is 0 Å². The van der Waals surface area contributed by atoms with Crippen molar-refractivity contribution in [3.05, 3.63) is 45.9 Å². The Hall–Kier alpha value is -1.61. The summed E-state index contributed by atoms with van der Waals surface area (Å²) in [6.45, 7) is 8.80. The van der Waals surface area contributed by atoms with E-state index in [0.717, 1.165) is 22.1 Å². The first-order valence-electron chi connectivity index (χ1n) is 6.89. The van der Waals surface area contributed by atoms with Crippen LogP contribution in [0.3, 0.4) is 0 Å². The smallest absolute Gasteiger partial charge is 0.265 e. The molecule has 0 spiro atoms. The molecule has 0 amide bonds. The molecule has 0 unspecified atom stereocenters. The van der Waals surface area contributed by atoms with E-state index in [4.69, 9.17) is 0 Å². The molecule has 104 valence electrons. The summed E-state index contributed by atoms with van der Waals surface area (Å²) in [4.78, 5) is 14.9. The third kappa shape index (κ3) is 2.16. The summed E-state index contributed by atoms with van der Waals surface area (Å²) in [5.74, 6) is 0. The maximum Gasteiger partial charge on any atom is 0.265 e. The lowest BCUT2D eigenvalue weighted by Crippen LogP contribution is -2.08. The van der Waals surface area contributed by atoms with Gasteiger partial charge in [-0.2, -0.15) is 0 Å². The highest BCUT2D eigenvalue weighted by Crippen LogP contribution is 2.37. The molecule has 1 N–H and O–H groups in total. The lowest BCUT2D eigenvalue weighted by molar-refractivity contribution is 0.413. The van der Waals surface area contributed by atoms with Crippen LogP contribution in [-0.2, 0) is 6.42 Å². The number of H-pyrrole nitrogens is 1. The molecular formula is C17H19NOS. The summed E-state index contributed by atoms with van der Waals surface area (Å²) in [5.41, 5.74) is 2.74. The number of fused-ring (bicyclic) bond motifs is 3. The molecule has 1 aromatic carbocycles. The number of pyridine rings is 1. The predicted octanol–water partition coefficient (Wildman–Crippen LogP) is 4.64. The fourth-order valence-corrected chi connectivity index (χ4v) is 4.03. The van der Waals surface area contributed by atoms with Gasteiger partial charge in [0, 0.05) is 21.7 Å². The van der Waals surface area contributed by atoms with Crippen LogP contribution in [-0.4, -0.2) is 4.98 Å². The lowest BCUT2D eigenvalue weighted by Gasteiger charge is -2.18. The Morgan fingerprint density at radius 2 is 1.95 bits per heavy atom. The highest BCUT2D eigenvalue weighted by atomic mass is 32.1. The number of nitrogens with one attached hydrogen (secondary N) is 1. The van der Waals surface area contributed by atoms with Crippen LogP contribution in [0.25, 0.3) is 20.2 Å². The first-order valence-corrected chi connectivity index (χ1v) is 7.71. The van der Waals surface area contributed by atoms with E-state index in [-0.39, 0.29) is 11.0 Å². The van der Waals surface area contributed by atoms with E-state index in [9.17, 15) is 4.79 Å². The molecule has 2 aromatic heterocycles. The number of hydrogen-bond acceptors (Lipinski definition) is 2. The van der Waals surface area contributed by atoms with Crippen LogP contribution in [0.1, 0.15) is 31.9 Å². The molecule has 0 saturated heterocycles. The Kier molecular flexibility index (Phi) is 2.98. The normalized spacial score (nSPS) is 12.4. The second-order valence-corrected chi connectivity index (χ2v) is 7.66. The van der Waals surface area contributed by atoms with E-state index in [2.05, 4.69) is 50.9 Å². The van der Waals surface area contributed by atoms with Crippen LogP contribution in [0.2, 0.25) is 0 Å². The molecule has 0 aliphatic rings. The quantitative estimate of drug-likeness (QED) is 0.694. The largest absolute Gasteiger partial charge is 0.328 e. The topological polar surface area (TPSA) is 32.9 Å². The Balaban J connectivity index is 2.39. The fourth-order valence-electron chi connectivity index (χ4n) is 2.75. The minimum absolute atomic E-state index is 0.0218. The molecule has 0 bridgehead atoms. The van der Waals surface area contributed by atoms with Gasteiger partial charge in [-0.1, -0.05) is 39.0 Å². The van der Waals surface area contributed by atoms with Gasteiger partial charge in [-0.15, -0.1) is 11.3 Å². The minimum atomic E-state index is 0.0218. The van der Waals surface area contributed by atoms with Gasteiger partial charge in [0.2, 0.25) is 0 Å². The number of aromatic nitrogens is 1. The highest BCUT2D eigenvalue weighted by Gasteiger charge is 2.17. The molecule has 2 nitrogen and oxygen atoms in total. The Labute approximate surface area is 122 Å². The van der Waals surface area contributed by atoms with Gasteiger partial charge in [-0.3, -0.25) is 4.79 Å². The average molecular weight is 285 g/mol. The van der Waals surface area contributed by atoms with Crippen molar-refractivity contribution in [3.63, 3.8) is 0 Å². The van der Waals surface area contributed by atoms with Gasteiger partial charge in [0.05, 0.1) is 0 Å². The van der Waals surface area contributed by atoms with Crippen LogP contribution in [0.15, 0.2) is 29.2 Å². The zero-order valence-corrected chi connectivity index (χ0v) is 13.1. The zero-order valence-electron chi connectivity index (χ0n) is 12.3. The maximum atomic E-state index is 12.1. The van der Waals surface area contributed by atoms with Crippen LogP contribution < -0.4 is 5.56 Å². The van der Waals surface area contributed by atoms with Crippen molar-refractivity contribution in [1.29, 1.82) is 0 Å². The molecule has 0 radical (unpaired) electrons. The summed E-state index contributed by atoms with van der Waals surface area (Å²) in [5, 5.41) is 2.33. The zero-order chi connectivity index (χ0) is 14.5. The Morgan fingerprint density at radius 3 is 2.65 bits per heavy atom. The molecule has 3 rings (SSSR count). The summed E-state index contributed by atoms with van der Waals surface area (Å²) >= 11 is 1.63. The Morgan fingerprint density at radius 1 is 1.20 bits per heavy atom. The second kappa shape index (κ2) is 4.45. The van der Waals surface area contributed by atoms with Crippen molar-refractivity contribution < 1.29 is 0 Å². The molecule has 0 aliphatic heterocycles. The summed E-state index contributed by atoms with van der Waals surface area (Å²) in [6, 6.07) is 6.43. The molecule has 2 heterocycles. The van der Waals surface area contributed by atoms with Gasteiger partial charge in [0.15, 0.2) is 0 Å². The van der Waals surface area contributed by atoms with E-state index in [1.165, 1.54) is 15.6 Å². The number of aryl methyl sites for hydroxylation is 1. The van der Waals surface area contributed by atoms with Crippen molar-refractivity contribution >= 4 is 31.5 Å². The predicted molar refractivity (Wildman–Crippen MR) is 87.8 cm³/mol. The van der Waals surface area contributed by atoms with Crippen LogP contribution >= 0.6 is 11.3 Å². The summed E-state index contributed by atoms with van der Waals surface area (Å²) in [7, 11) is 0. The van der Waals surface area contributed by atoms with E-state index in [1.807, 2.05) is 6.20 Å². The van der Waals surface area contributed by atoms with Gasteiger partial charge in [-0.05, 0) is 29.9 Å². The van der Waals surface area contributed by atoms with Crippen LogP contribution in [0, 0.1) is 12.3 Å². The van der Waals surface area contributed by atoms with Crippen molar-refractivity contribution in [3.8, 4) is 0 Å². The number of thiophene rings is 1. The molecule has 20 heavy (non-hydrogen) atoms. The molecule has 0 atom stereocenters. The van der Waals surface area contributed by atoms with E-state index in [1.54, 1.807) is 11.3 Å². The molecular weight excluding hydrogens is 266 g/mol. The van der Waals surface area contributed by atoms with Gasteiger partial charge in [0.1, 0.15) is 4.70 Å². The standard InChI is InChI=1S/C17H19NOS/c1-10-9-18-16(19)15-13(10)12-7-5-6-11(14(12)20-15)8-17(2,3)4/h5-7,9H,8H2,1-4H3,(H,18,19). The van der Waals surface area contributed by atoms with Crippen molar-refractivity contribution in [2.75, 3.05) is 0 Å². The first-order chi connectivity index (χ1) is 9.37. The minimum Gasteiger partial charge on any atom is -0.328 e. The molecule has 0 aliphatic carbocycles. The third-order valence-corrected chi connectivity index (χ3v) is 4.82. The molecule has 0 fully saturated rings. The number of benzene rings is 1. The summed E-state index contributed by atoms with van der Waals surface area (Å²) in [6.07, 6.45) is 2.83. The Bertz CT molecular complexity index is 849. The maximum absolute atomic E-state index is 12.1. The number of rotatable bonds is 1. The lowest BCUT2D eigenvalue weighted by atomic mass is 9.87. The van der Waals surface area contributed by atoms with E-state index >= 15 is 0 Å². The monoisotopic (exact) mass is 285 g/mol. The van der Waals surface area contributed by atoms with Gasteiger partial charge < -0.3 is 4.98 Å².